The molecule has 0 aromatic rings. The number of carboxylic acids is 1. The van der Waals surface area contributed by atoms with Crippen LogP contribution in [0.15, 0.2) is 0 Å². The first kappa shape index (κ1) is 11.5. The van der Waals surface area contributed by atoms with Crippen LogP contribution in [0.1, 0.15) is 41.0 Å². The van der Waals surface area contributed by atoms with Crippen molar-refractivity contribution in [3.8, 4) is 0 Å². The highest BCUT2D eigenvalue weighted by molar-refractivity contribution is 5.75. The Hall–Kier alpha value is -0.570. The number of carboxylic acid groups (broad SMARTS) is 1. The van der Waals surface area contributed by atoms with Crippen molar-refractivity contribution in [1.29, 1.82) is 0 Å². The van der Waals surface area contributed by atoms with Crippen molar-refractivity contribution >= 4 is 5.97 Å². The van der Waals surface area contributed by atoms with E-state index in [0.717, 1.165) is 6.54 Å². The molecule has 0 aromatic heterocycles. The van der Waals surface area contributed by atoms with Gasteiger partial charge >= 0.3 is 5.97 Å². The normalized spacial score (nSPS) is 24.5. The van der Waals surface area contributed by atoms with Gasteiger partial charge in [-0.25, -0.2) is 0 Å². The molecule has 1 rings (SSSR count). The summed E-state index contributed by atoms with van der Waals surface area (Å²) >= 11 is 0. The second-order valence-electron chi connectivity index (χ2n) is 5.32. The van der Waals surface area contributed by atoms with Gasteiger partial charge in [-0.1, -0.05) is 0 Å². The zero-order valence-electron chi connectivity index (χ0n) is 9.79. The van der Waals surface area contributed by atoms with Crippen molar-refractivity contribution in [3.05, 3.63) is 0 Å². The Kier molecular flexibility index (Phi) is 2.65. The van der Waals surface area contributed by atoms with Gasteiger partial charge in [-0.2, -0.15) is 0 Å². The molecule has 1 aliphatic heterocycles. The number of rotatable bonds is 3. The molecule has 0 amide bonds. The molecule has 0 aromatic carbocycles. The SMILES string of the molecule is CC1CCN1C(C)(C)C(C)(C)C(=O)O. The molecule has 0 radical (unpaired) electrons. The van der Waals surface area contributed by atoms with Gasteiger partial charge in [-0.15, -0.1) is 0 Å². The Balaban J connectivity index is 2.88. The van der Waals surface area contributed by atoms with Crippen LogP contribution in [0, 0.1) is 5.41 Å². The van der Waals surface area contributed by atoms with Crippen molar-refractivity contribution in [2.45, 2.75) is 52.6 Å². The minimum absolute atomic E-state index is 0.281. The minimum atomic E-state index is -0.721. The van der Waals surface area contributed by atoms with E-state index >= 15 is 0 Å². The quantitative estimate of drug-likeness (QED) is 0.755. The van der Waals surface area contributed by atoms with Crippen molar-refractivity contribution in [2.24, 2.45) is 5.41 Å². The highest BCUT2D eigenvalue weighted by Gasteiger charge is 2.50. The molecule has 3 nitrogen and oxygen atoms in total. The predicted molar refractivity (Wildman–Crippen MR) is 56.3 cm³/mol. The van der Waals surface area contributed by atoms with Crippen LogP contribution in [0.4, 0.5) is 0 Å². The second kappa shape index (κ2) is 3.23. The minimum Gasteiger partial charge on any atom is -0.481 e. The van der Waals surface area contributed by atoms with Gasteiger partial charge in [0.15, 0.2) is 0 Å². The molecule has 1 aliphatic rings. The van der Waals surface area contributed by atoms with Gasteiger partial charge in [0.2, 0.25) is 0 Å². The highest BCUT2D eigenvalue weighted by Crippen LogP contribution is 2.40. The Bertz CT molecular complexity index is 246. The molecule has 1 atom stereocenters. The summed E-state index contributed by atoms with van der Waals surface area (Å²) in [6.07, 6.45) is 1.18. The summed E-state index contributed by atoms with van der Waals surface area (Å²) in [4.78, 5) is 13.5. The second-order valence-corrected chi connectivity index (χ2v) is 5.32. The van der Waals surface area contributed by atoms with Gasteiger partial charge in [0.05, 0.1) is 5.41 Å². The largest absolute Gasteiger partial charge is 0.481 e. The fourth-order valence-electron chi connectivity index (χ4n) is 1.97. The number of hydrogen-bond acceptors (Lipinski definition) is 2. The first-order valence-corrected chi connectivity index (χ1v) is 5.21. The van der Waals surface area contributed by atoms with Crippen LogP contribution < -0.4 is 0 Å². The molecular formula is C11H21NO2. The Morgan fingerprint density at radius 2 is 1.86 bits per heavy atom. The lowest BCUT2D eigenvalue weighted by Crippen LogP contribution is -2.64. The number of nitrogens with zero attached hydrogens (tertiary/aromatic N) is 1. The van der Waals surface area contributed by atoms with Crippen molar-refractivity contribution in [1.82, 2.24) is 4.90 Å². The fourth-order valence-corrected chi connectivity index (χ4v) is 1.97. The molecule has 0 spiro atoms. The van der Waals surface area contributed by atoms with E-state index in [1.54, 1.807) is 13.8 Å². The summed E-state index contributed by atoms with van der Waals surface area (Å²) in [7, 11) is 0. The lowest BCUT2D eigenvalue weighted by molar-refractivity contribution is -0.161. The molecule has 0 aliphatic carbocycles. The fraction of sp³-hybridized carbons (Fsp3) is 0.909. The van der Waals surface area contributed by atoms with E-state index in [0.29, 0.717) is 6.04 Å². The third kappa shape index (κ3) is 1.44. The summed E-state index contributed by atoms with van der Waals surface area (Å²) in [6.45, 7) is 10.8. The molecule has 1 saturated heterocycles. The van der Waals surface area contributed by atoms with E-state index in [2.05, 4.69) is 11.8 Å². The highest BCUT2D eigenvalue weighted by atomic mass is 16.4. The molecule has 14 heavy (non-hydrogen) atoms. The van der Waals surface area contributed by atoms with Crippen LogP contribution in [0.5, 0.6) is 0 Å². The Morgan fingerprint density at radius 1 is 1.36 bits per heavy atom. The van der Waals surface area contributed by atoms with E-state index in [4.69, 9.17) is 0 Å². The first-order valence-electron chi connectivity index (χ1n) is 5.21. The summed E-state index contributed by atoms with van der Waals surface area (Å²) in [5.41, 5.74) is -0.988. The van der Waals surface area contributed by atoms with Gasteiger partial charge in [-0.3, -0.25) is 9.69 Å². The summed E-state index contributed by atoms with van der Waals surface area (Å²) < 4.78 is 0. The van der Waals surface area contributed by atoms with E-state index < -0.39 is 11.4 Å². The van der Waals surface area contributed by atoms with Crippen LogP contribution in [0.3, 0.4) is 0 Å². The molecule has 0 bridgehead atoms. The molecule has 1 heterocycles. The van der Waals surface area contributed by atoms with Gasteiger partial charge in [-0.05, 0) is 41.0 Å². The lowest BCUT2D eigenvalue weighted by Gasteiger charge is -2.55. The van der Waals surface area contributed by atoms with E-state index in [1.807, 2.05) is 13.8 Å². The van der Waals surface area contributed by atoms with Crippen molar-refractivity contribution < 1.29 is 9.90 Å². The summed E-state index contributed by atoms with van der Waals surface area (Å²) in [5.74, 6) is -0.721. The average molecular weight is 199 g/mol. The molecule has 1 unspecified atom stereocenters. The third-order valence-electron chi connectivity index (χ3n) is 4.10. The first-order chi connectivity index (χ1) is 6.21. The number of carbonyl (C=O) groups is 1. The lowest BCUT2D eigenvalue weighted by atomic mass is 9.71. The van der Waals surface area contributed by atoms with Crippen LogP contribution in [-0.2, 0) is 4.79 Å². The van der Waals surface area contributed by atoms with Crippen LogP contribution >= 0.6 is 0 Å². The molecule has 1 N–H and O–H groups in total. The van der Waals surface area contributed by atoms with Crippen LogP contribution in [0.25, 0.3) is 0 Å². The number of hydrogen-bond donors (Lipinski definition) is 1. The Morgan fingerprint density at radius 3 is 2.07 bits per heavy atom. The van der Waals surface area contributed by atoms with E-state index in [-0.39, 0.29) is 5.54 Å². The zero-order chi connectivity index (χ0) is 11.1. The van der Waals surface area contributed by atoms with Crippen molar-refractivity contribution in [3.63, 3.8) is 0 Å². The monoisotopic (exact) mass is 199 g/mol. The van der Waals surface area contributed by atoms with Gasteiger partial charge in [0.25, 0.3) is 0 Å². The van der Waals surface area contributed by atoms with Crippen LogP contribution in [0.2, 0.25) is 0 Å². The third-order valence-corrected chi connectivity index (χ3v) is 4.10. The summed E-state index contributed by atoms with van der Waals surface area (Å²) in [5, 5.41) is 9.20. The Labute approximate surface area is 86.1 Å². The van der Waals surface area contributed by atoms with Crippen LogP contribution in [-0.4, -0.2) is 34.1 Å². The topological polar surface area (TPSA) is 40.5 Å². The van der Waals surface area contributed by atoms with Gasteiger partial charge in [0.1, 0.15) is 0 Å². The smallest absolute Gasteiger partial charge is 0.310 e. The maximum absolute atomic E-state index is 11.2. The maximum Gasteiger partial charge on any atom is 0.310 e. The average Bonchev–Trinajstić information content (AvgIpc) is 2.00. The van der Waals surface area contributed by atoms with Gasteiger partial charge in [0, 0.05) is 18.1 Å². The van der Waals surface area contributed by atoms with Gasteiger partial charge < -0.3 is 5.11 Å². The molecular weight excluding hydrogens is 178 g/mol. The maximum atomic E-state index is 11.2. The molecule has 1 fully saturated rings. The molecule has 82 valence electrons. The standard InChI is InChI=1S/C11H21NO2/c1-8-6-7-12(8)11(4,5)10(2,3)9(13)14/h8H,6-7H2,1-5H3,(H,13,14). The predicted octanol–water partition coefficient (Wildman–Crippen LogP) is 1.97. The zero-order valence-corrected chi connectivity index (χ0v) is 9.79. The number of likely N-dealkylation sites (tertiary alicyclic amines) is 1. The van der Waals surface area contributed by atoms with Crippen molar-refractivity contribution in [2.75, 3.05) is 6.54 Å². The molecule has 0 saturated carbocycles. The van der Waals surface area contributed by atoms with E-state index in [9.17, 15) is 9.90 Å². The summed E-state index contributed by atoms with van der Waals surface area (Å²) in [6, 6.07) is 0.517. The number of aliphatic carboxylic acids is 1. The molecule has 3 heteroatoms. The van der Waals surface area contributed by atoms with E-state index in [1.165, 1.54) is 6.42 Å².